The molecule has 0 radical (unpaired) electrons. The van der Waals surface area contributed by atoms with E-state index in [4.69, 9.17) is 16.2 Å². The van der Waals surface area contributed by atoms with Crippen LogP contribution in [0.15, 0.2) is 18.2 Å². The third-order valence-electron chi connectivity index (χ3n) is 2.57. The molecular weight excluding hydrogens is 215 g/mol. The highest BCUT2D eigenvalue weighted by atomic mass is 16.5. The van der Waals surface area contributed by atoms with Crippen LogP contribution in [-0.4, -0.2) is 31.7 Å². The molecule has 5 heteroatoms. The van der Waals surface area contributed by atoms with Crippen LogP contribution in [0.5, 0.6) is 5.75 Å². The first-order valence-corrected chi connectivity index (χ1v) is 5.79. The summed E-state index contributed by atoms with van der Waals surface area (Å²) < 4.78 is 5.52. The first kappa shape index (κ1) is 13.9. The Bertz CT molecular complexity index is 377. The summed E-state index contributed by atoms with van der Waals surface area (Å²) >= 11 is 0. The van der Waals surface area contributed by atoms with Gasteiger partial charge >= 0.3 is 0 Å². The van der Waals surface area contributed by atoms with Gasteiger partial charge < -0.3 is 21.3 Å². The van der Waals surface area contributed by atoms with E-state index in [9.17, 15) is 5.11 Å². The molecule has 1 unspecified atom stereocenters. The van der Waals surface area contributed by atoms with E-state index in [1.807, 2.05) is 20.0 Å². The lowest BCUT2D eigenvalue weighted by molar-refractivity contribution is 0.0287. The second-order valence-electron chi connectivity index (χ2n) is 5.00. The van der Waals surface area contributed by atoms with Crippen molar-refractivity contribution in [3.05, 3.63) is 23.8 Å². The monoisotopic (exact) mass is 236 g/mol. The first-order chi connectivity index (χ1) is 7.85. The Balaban J connectivity index is 2.87. The van der Waals surface area contributed by atoms with Gasteiger partial charge in [0.25, 0.3) is 0 Å². The molecule has 0 aromatic heterocycles. The van der Waals surface area contributed by atoms with Crippen molar-refractivity contribution < 1.29 is 9.84 Å². The summed E-state index contributed by atoms with van der Waals surface area (Å²) in [5.74, 6) is 0.797. The highest BCUT2D eigenvalue weighted by Gasteiger charge is 2.16. The Labute approximate surface area is 103 Å². The lowest BCUT2D eigenvalue weighted by Gasteiger charge is -2.20. The molecule has 4 nitrogen and oxygen atoms in total. The minimum Gasteiger partial charge on any atom is -0.488 e. The molecule has 1 rings (SSSR count). The summed E-state index contributed by atoms with van der Waals surface area (Å²) in [6, 6.07) is 5.63. The quantitative estimate of drug-likeness (QED) is 0.498. The number of aliphatic hydroxyl groups is 1. The fourth-order valence-corrected chi connectivity index (χ4v) is 1.50. The molecule has 94 valence electrons. The van der Waals surface area contributed by atoms with Crippen molar-refractivity contribution in [3.8, 4) is 5.75 Å². The van der Waals surface area contributed by atoms with Crippen molar-refractivity contribution in [1.82, 2.24) is 0 Å². The van der Waals surface area contributed by atoms with E-state index in [0.29, 0.717) is 18.0 Å². The Morgan fingerprint density at radius 1 is 1.47 bits per heavy atom. The number of para-hydroxylation sites is 1. The van der Waals surface area contributed by atoms with Crippen molar-refractivity contribution in [3.63, 3.8) is 0 Å². The summed E-state index contributed by atoms with van der Waals surface area (Å²) in [6.07, 6.45) is 0. The lowest BCUT2D eigenvalue weighted by Crippen LogP contribution is -2.28. The molecule has 0 bridgehead atoms. The molecular formula is C12H21BN2O2. The molecule has 0 saturated carbocycles. The molecule has 0 saturated heterocycles. The zero-order valence-electron chi connectivity index (χ0n) is 10.7. The van der Waals surface area contributed by atoms with Gasteiger partial charge in [-0.25, -0.2) is 0 Å². The number of hydrogen-bond acceptors (Lipinski definition) is 4. The molecule has 0 aliphatic carbocycles. The maximum Gasteiger partial charge on any atom is 0.142 e. The zero-order chi connectivity index (χ0) is 13.1. The zero-order valence-corrected chi connectivity index (χ0v) is 10.7. The predicted octanol–water partition coefficient (Wildman–Crippen LogP) is 0.0514. The fraction of sp³-hybridized carbons (Fsp3) is 0.500. The van der Waals surface area contributed by atoms with Gasteiger partial charge in [0.15, 0.2) is 0 Å². The Morgan fingerprint density at radius 2 is 2.12 bits per heavy atom. The third-order valence-corrected chi connectivity index (χ3v) is 2.57. The van der Waals surface area contributed by atoms with Crippen molar-refractivity contribution in [1.29, 1.82) is 0 Å². The van der Waals surface area contributed by atoms with Crippen LogP contribution in [0.4, 0.5) is 5.69 Å². The highest BCUT2D eigenvalue weighted by molar-refractivity contribution is 6.13. The molecule has 0 aliphatic heterocycles. The molecule has 0 fully saturated rings. The summed E-state index contributed by atoms with van der Waals surface area (Å²) in [4.78, 5) is 0. The second-order valence-corrected chi connectivity index (χ2v) is 5.00. The van der Waals surface area contributed by atoms with Crippen LogP contribution in [0.2, 0.25) is 0 Å². The van der Waals surface area contributed by atoms with E-state index in [0.717, 1.165) is 5.56 Å². The minimum absolute atomic E-state index is 0.195. The number of nitrogen functional groups attached to an aromatic ring is 1. The molecule has 0 amide bonds. The van der Waals surface area contributed by atoms with E-state index in [2.05, 4.69) is 0 Å². The standard InChI is InChI=1S/C12H21BN2O2/c1-12(2,16)7-17-10-5-3-4-8(11(10)15)9(13)6-14/h3-5,9,16H,6-7,13-15H2,1-2H3. The number of anilines is 1. The van der Waals surface area contributed by atoms with E-state index >= 15 is 0 Å². The lowest BCUT2D eigenvalue weighted by atomic mass is 9.80. The van der Waals surface area contributed by atoms with E-state index in [1.165, 1.54) is 0 Å². The van der Waals surface area contributed by atoms with Gasteiger partial charge in [0.1, 0.15) is 20.2 Å². The van der Waals surface area contributed by atoms with Crippen molar-refractivity contribution in [2.75, 3.05) is 18.9 Å². The predicted molar refractivity (Wildman–Crippen MR) is 73.0 cm³/mol. The largest absolute Gasteiger partial charge is 0.488 e. The number of ether oxygens (including phenoxy) is 1. The normalized spacial score (nSPS) is 13.4. The van der Waals surface area contributed by atoms with E-state index in [1.54, 1.807) is 19.9 Å². The number of hydrogen-bond donors (Lipinski definition) is 3. The number of rotatable bonds is 5. The average Bonchev–Trinajstić information content (AvgIpc) is 2.25. The summed E-state index contributed by atoms with van der Waals surface area (Å²) in [5, 5.41) is 9.61. The van der Waals surface area contributed by atoms with Gasteiger partial charge in [-0.15, -0.1) is 0 Å². The van der Waals surface area contributed by atoms with Crippen molar-refractivity contribution in [2.45, 2.75) is 25.3 Å². The van der Waals surface area contributed by atoms with E-state index < -0.39 is 5.60 Å². The van der Waals surface area contributed by atoms with Crippen LogP contribution in [-0.2, 0) is 0 Å². The van der Waals surface area contributed by atoms with Gasteiger partial charge in [0.05, 0.1) is 11.3 Å². The minimum atomic E-state index is -0.873. The smallest absolute Gasteiger partial charge is 0.142 e. The fourth-order valence-electron chi connectivity index (χ4n) is 1.50. The van der Waals surface area contributed by atoms with Crippen molar-refractivity contribution >= 4 is 13.5 Å². The van der Waals surface area contributed by atoms with Gasteiger partial charge in [-0.2, -0.15) is 0 Å². The highest BCUT2D eigenvalue weighted by Crippen LogP contribution is 2.29. The average molecular weight is 236 g/mol. The molecule has 1 aromatic carbocycles. The number of benzene rings is 1. The van der Waals surface area contributed by atoms with Crippen LogP contribution in [0.1, 0.15) is 25.2 Å². The molecule has 1 aromatic rings. The van der Waals surface area contributed by atoms with Crippen LogP contribution in [0.3, 0.4) is 0 Å². The van der Waals surface area contributed by atoms with Crippen LogP contribution in [0, 0.1) is 0 Å². The Morgan fingerprint density at radius 3 is 2.65 bits per heavy atom. The molecule has 0 spiro atoms. The van der Waals surface area contributed by atoms with Crippen LogP contribution < -0.4 is 16.2 Å². The molecule has 17 heavy (non-hydrogen) atoms. The molecule has 0 aliphatic rings. The Kier molecular flexibility index (Phi) is 4.43. The topological polar surface area (TPSA) is 81.5 Å². The van der Waals surface area contributed by atoms with Gasteiger partial charge in [0, 0.05) is 0 Å². The second kappa shape index (κ2) is 5.43. The van der Waals surface area contributed by atoms with Crippen molar-refractivity contribution in [2.24, 2.45) is 5.73 Å². The summed E-state index contributed by atoms with van der Waals surface area (Å²) in [7, 11) is 2.02. The van der Waals surface area contributed by atoms with Gasteiger partial charge in [0.2, 0.25) is 0 Å². The SMILES string of the molecule is BC(CN)c1cccc(OCC(C)(C)O)c1N. The summed E-state index contributed by atoms with van der Waals surface area (Å²) in [6.45, 7) is 4.13. The molecule has 0 heterocycles. The third kappa shape index (κ3) is 3.95. The summed E-state index contributed by atoms with van der Waals surface area (Å²) in [5.41, 5.74) is 12.4. The maximum absolute atomic E-state index is 9.61. The van der Waals surface area contributed by atoms with E-state index in [-0.39, 0.29) is 12.4 Å². The van der Waals surface area contributed by atoms with Crippen LogP contribution in [0.25, 0.3) is 0 Å². The van der Waals surface area contributed by atoms with Gasteiger partial charge in [-0.05, 0) is 37.8 Å². The molecule has 5 N–H and O–H groups in total. The van der Waals surface area contributed by atoms with Crippen LogP contribution >= 0.6 is 0 Å². The first-order valence-electron chi connectivity index (χ1n) is 5.79. The number of nitrogens with two attached hydrogens (primary N) is 2. The van der Waals surface area contributed by atoms with Gasteiger partial charge in [-0.3, -0.25) is 0 Å². The van der Waals surface area contributed by atoms with Gasteiger partial charge in [-0.1, -0.05) is 12.1 Å². The Hall–Kier alpha value is -1.20. The molecule has 1 atom stereocenters. The maximum atomic E-state index is 9.61.